The molecule has 2 aromatic rings. The Morgan fingerprint density at radius 1 is 1.08 bits per heavy atom. The monoisotopic (exact) mass is 325 g/mol. The van der Waals surface area contributed by atoms with E-state index in [0.717, 1.165) is 22.3 Å². The summed E-state index contributed by atoms with van der Waals surface area (Å²) in [6.45, 7) is 8.76. The van der Waals surface area contributed by atoms with Crippen LogP contribution in [0.3, 0.4) is 0 Å². The maximum Gasteiger partial charge on any atom is 0.230 e. The molecule has 3 heteroatoms. The third-order valence-electron chi connectivity index (χ3n) is 4.34. The fraction of sp³-hybridized carbons (Fsp3) is 0.381. The van der Waals surface area contributed by atoms with Crippen molar-refractivity contribution in [2.24, 2.45) is 5.92 Å². The van der Waals surface area contributed by atoms with Gasteiger partial charge in [-0.2, -0.15) is 0 Å². The van der Waals surface area contributed by atoms with Crippen molar-refractivity contribution in [1.82, 2.24) is 5.32 Å². The van der Waals surface area contributed by atoms with E-state index in [2.05, 4.69) is 19.2 Å². The van der Waals surface area contributed by atoms with Crippen molar-refractivity contribution < 1.29 is 9.90 Å². The van der Waals surface area contributed by atoms with E-state index in [1.54, 1.807) is 0 Å². The van der Waals surface area contributed by atoms with Gasteiger partial charge < -0.3 is 10.4 Å². The maximum absolute atomic E-state index is 12.5. The van der Waals surface area contributed by atoms with E-state index >= 15 is 0 Å². The molecule has 0 aliphatic heterocycles. The predicted octanol–water partition coefficient (Wildman–Crippen LogP) is 3.90. The molecular weight excluding hydrogens is 298 g/mol. The van der Waals surface area contributed by atoms with Crippen LogP contribution in [0.15, 0.2) is 48.5 Å². The average Bonchev–Trinajstić information content (AvgIpc) is 2.59. The van der Waals surface area contributed by atoms with Crippen molar-refractivity contribution in [3.63, 3.8) is 0 Å². The summed E-state index contributed by atoms with van der Waals surface area (Å²) in [5, 5.41) is 12.5. The first-order valence-corrected chi connectivity index (χ1v) is 8.44. The molecule has 0 saturated heterocycles. The Kier molecular flexibility index (Phi) is 5.79. The van der Waals surface area contributed by atoms with Gasteiger partial charge in [-0.1, -0.05) is 62.4 Å². The van der Waals surface area contributed by atoms with Gasteiger partial charge in [0.25, 0.3) is 0 Å². The van der Waals surface area contributed by atoms with Gasteiger partial charge in [0.05, 0.1) is 12.0 Å². The maximum atomic E-state index is 12.5. The van der Waals surface area contributed by atoms with Crippen molar-refractivity contribution in [3.8, 4) is 11.1 Å². The Morgan fingerprint density at radius 3 is 2.29 bits per heavy atom. The molecule has 0 spiro atoms. The lowest BCUT2D eigenvalue weighted by Gasteiger charge is -2.25. The van der Waals surface area contributed by atoms with Crippen LogP contribution in [0.2, 0.25) is 0 Å². The number of nitrogens with one attached hydrogen (secondary N) is 1. The van der Waals surface area contributed by atoms with Gasteiger partial charge in [0.1, 0.15) is 0 Å². The number of hydrogen-bond acceptors (Lipinski definition) is 2. The molecule has 2 aromatic carbocycles. The molecule has 3 nitrogen and oxygen atoms in total. The smallest absolute Gasteiger partial charge is 0.230 e. The van der Waals surface area contributed by atoms with Crippen molar-refractivity contribution in [2.45, 2.75) is 39.7 Å². The molecule has 0 aromatic heterocycles. The minimum atomic E-state index is -0.579. The number of aliphatic hydroxyl groups is 1. The Morgan fingerprint density at radius 2 is 1.71 bits per heavy atom. The van der Waals surface area contributed by atoms with E-state index in [-0.39, 0.29) is 12.5 Å². The number of carbonyl (C=O) groups excluding carboxylic acids is 1. The molecule has 0 atom stereocenters. The quantitative estimate of drug-likeness (QED) is 0.846. The van der Waals surface area contributed by atoms with Gasteiger partial charge in [-0.05, 0) is 42.0 Å². The summed E-state index contributed by atoms with van der Waals surface area (Å²) < 4.78 is 0. The van der Waals surface area contributed by atoms with Crippen molar-refractivity contribution in [3.05, 3.63) is 59.7 Å². The molecule has 0 radical (unpaired) electrons. The Hall–Kier alpha value is -2.13. The van der Waals surface area contributed by atoms with Crippen LogP contribution in [-0.2, 0) is 16.8 Å². The molecule has 128 valence electrons. The Bertz CT molecular complexity index is 687. The third-order valence-corrected chi connectivity index (χ3v) is 4.34. The highest BCUT2D eigenvalue weighted by molar-refractivity contribution is 5.87. The minimum Gasteiger partial charge on any atom is -0.392 e. The van der Waals surface area contributed by atoms with Gasteiger partial charge >= 0.3 is 0 Å². The second-order valence-corrected chi connectivity index (χ2v) is 7.12. The van der Waals surface area contributed by atoms with Crippen molar-refractivity contribution in [2.75, 3.05) is 6.54 Å². The molecule has 0 heterocycles. The van der Waals surface area contributed by atoms with Crippen LogP contribution in [0.25, 0.3) is 11.1 Å². The van der Waals surface area contributed by atoms with Crippen LogP contribution < -0.4 is 5.32 Å². The summed E-state index contributed by atoms with van der Waals surface area (Å²) >= 11 is 0. The highest BCUT2D eigenvalue weighted by Gasteiger charge is 2.29. The molecule has 24 heavy (non-hydrogen) atoms. The number of carbonyl (C=O) groups is 1. The van der Waals surface area contributed by atoms with Crippen LogP contribution >= 0.6 is 0 Å². The number of rotatable bonds is 6. The summed E-state index contributed by atoms with van der Waals surface area (Å²) in [6, 6.07) is 15.8. The van der Waals surface area contributed by atoms with Crippen LogP contribution in [0.5, 0.6) is 0 Å². The van der Waals surface area contributed by atoms with Gasteiger partial charge in [-0.15, -0.1) is 0 Å². The van der Waals surface area contributed by atoms with E-state index in [1.165, 1.54) is 0 Å². The molecular formula is C21H27NO2. The zero-order valence-electron chi connectivity index (χ0n) is 15.0. The van der Waals surface area contributed by atoms with Crippen molar-refractivity contribution in [1.29, 1.82) is 0 Å². The van der Waals surface area contributed by atoms with E-state index in [1.807, 2.05) is 62.4 Å². The van der Waals surface area contributed by atoms with Crippen molar-refractivity contribution >= 4 is 5.91 Å². The van der Waals surface area contributed by atoms with Gasteiger partial charge in [0.15, 0.2) is 0 Å². The van der Waals surface area contributed by atoms with Crippen LogP contribution in [0.4, 0.5) is 0 Å². The van der Waals surface area contributed by atoms with Crippen LogP contribution in [0.1, 0.15) is 38.8 Å². The molecule has 0 bridgehead atoms. The number of benzene rings is 2. The number of amides is 1. The fourth-order valence-corrected chi connectivity index (χ4v) is 2.66. The zero-order valence-corrected chi connectivity index (χ0v) is 15.0. The minimum absolute atomic E-state index is 0.0149. The molecule has 2 rings (SSSR count). The van der Waals surface area contributed by atoms with Gasteiger partial charge in [-0.3, -0.25) is 4.79 Å². The molecule has 0 fully saturated rings. The second kappa shape index (κ2) is 7.63. The second-order valence-electron chi connectivity index (χ2n) is 7.12. The first kappa shape index (κ1) is 18.2. The summed E-state index contributed by atoms with van der Waals surface area (Å²) in [5.41, 5.74) is 3.37. The molecule has 0 saturated carbocycles. The summed E-state index contributed by atoms with van der Waals surface area (Å²) in [6.07, 6.45) is 0. The van der Waals surface area contributed by atoms with Gasteiger partial charge in [-0.25, -0.2) is 0 Å². The highest BCUT2D eigenvalue weighted by Crippen LogP contribution is 2.28. The Balaban J connectivity index is 2.23. The lowest BCUT2D eigenvalue weighted by atomic mass is 9.82. The van der Waals surface area contributed by atoms with E-state index in [0.29, 0.717) is 12.5 Å². The highest BCUT2D eigenvalue weighted by atomic mass is 16.3. The molecule has 0 aliphatic carbocycles. The Labute approximate surface area is 144 Å². The number of hydrogen-bond donors (Lipinski definition) is 2. The molecule has 0 unspecified atom stereocenters. The summed E-state index contributed by atoms with van der Waals surface area (Å²) in [4.78, 5) is 12.5. The van der Waals surface area contributed by atoms with Crippen LogP contribution in [-0.4, -0.2) is 17.6 Å². The lowest BCUT2D eigenvalue weighted by Crippen LogP contribution is -2.41. The zero-order chi connectivity index (χ0) is 17.7. The first-order valence-electron chi connectivity index (χ1n) is 8.44. The lowest BCUT2D eigenvalue weighted by molar-refractivity contribution is -0.125. The number of aliphatic hydroxyl groups excluding tert-OH is 1. The molecule has 2 N–H and O–H groups in total. The molecule has 0 aliphatic rings. The van der Waals surface area contributed by atoms with Gasteiger partial charge in [0, 0.05) is 6.54 Å². The fourth-order valence-electron chi connectivity index (χ4n) is 2.66. The summed E-state index contributed by atoms with van der Waals surface area (Å²) in [7, 11) is 0. The predicted molar refractivity (Wildman–Crippen MR) is 98.7 cm³/mol. The standard InChI is InChI=1S/C21H27NO2/c1-15(2)13-22-20(24)21(3,4)18-11-9-16(10-12-18)19-8-6-5-7-17(19)14-23/h5-12,15,23H,13-14H2,1-4H3,(H,22,24). The third kappa shape index (κ3) is 4.04. The first-order chi connectivity index (χ1) is 11.4. The van der Waals surface area contributed by atoms with Gasteiger partial charge in [0.2, 0.25) is 5.91 Å². The van der Waals surface area contributed by atoms with Crippen LogP contribution in [0, 0.1) is 5.92 Å². The largest absolute Gasteiger partial charge is 0.392 e. The molecule has 1 amide bonds. The van der Waals surface area contributed by atoms with E-state index in [4.69, 9.17) is 0 Å². The normalized spacial score (nSPS) is 11.6. The SMILES string of the molecule is CC(C)CNC(=O)C(C)(C)c1ccc(-c2ccccc2CO)cc1. The summed E-state index contributed by atoms with van der Waals surface area (Å²) in [5.74, 6) is 0.474. The van der Waals surface area contributed by atoms with E-state index in [9.17, 15) is 9.90 Å². The topological polar surface area (TPSA) is 49.3 Å². The van der Waals surface area contributed by atoms with E-state index < -0.39 is 5.41 Å². The average molecular weight is 325 g/mol.